The number of thioether (sulfide) groups is 1. The van der Waals surface area contributed by atoms with E-state index in [9.17, 15) is 10.1 Å². The summed E-state index contributed by atoms with van der Waals surface area (Å²) in [5.41, 5.74) is 1.82. The minimum absolute atomic E-state index is 0.246. The van der Waals surface area contributed by atoms with E-state index < -0.39 is 0 Å². The molecular formula is C22H16N4O2S3. The van der Waals surface area contributed by atoms with E-state index in [4.69, 9.17) is 4.74 Å². The second-order valence-electron chi connectivity index (χ2n) is 6.28. The lowest BCUT2D eigenvalue weighted by Crippen LogP contribution is -2.11. The number of nitrogens with one attached hydrogen (secondary N) is 1. The third kappa shape index (κ3) is 5.70. The quantitative estimate of drug-likeness (QED) is 0.270. The molecule has 2 aromatic carbocycles. The Kier molecular flexibility index (Phi) is 6.94. The summed E-state index contributed by atoms with van der Waals surface area (Å²) in [6.07, 6.45) is 0. The minimum atomic E-state index is -0.283. The van der Waals surface area contributed by atoms with Gasteiger partial charge in [-0.15, -0.1) is 21.5 Å². The standard InChI is InChI=1S/C22H16N4O2S3/c23-12-16-5-1-2-6-17(16)13-28-18-8-3-7-15(11-18)20(27)24-21-25-26-22(31-21)30-14-19-9-4-10-29-19/h1-11H,13-14H2,(H,24,25,27). The molecular weight excluding hydrogens is 448 g/mol. The third-order valence-corrected chi connectivity index (χ3v) is 7.25. The SMILES string of the molecule is N#Cc1ccccc1COc1cccc(C(=O)Nc2nnc(SCc3cccs3)s2)c1. The first-order valence-electron chi connectivity index (χ1n) is 9.22. The predicted molar refractivity (Wildman–Crippen MR) is 124 cm³/mol. The fraction of sp³-hybridized carbons (Fsp3) is 0.0909. The molecule has 9 heteroatoms. The minimum Gasteiger partial charge on any atom is -0.489 e. The van der Waals surface area contributed by atoms with Crippen LogP contribution in [0.25, 0.3) is 0 Å². The molecule has 0 aliphatic rings. The summed E-state index contributed by atoms with van der Waals surface area (Å²) in [5, 5.41) is 22.7. The Labute approximate surface area is 191 Å². The van der Waals surface area contributed by atoms with Gasteiger partial charge in [-0.25, -0.2) is 0 Å². The Bertz CT molecular complexity index is 1220. The van der Waals surface area contributed by atoms with Crippen LogP contribution in [0.5, 0.6) is 5.75 Å². The van der Waals surface area contributed by atoms with Crippen molar-refractivity contribution in [3.05, 3.63) is 87.6 Å². The number of thiophene rings is 1. The van der Waals surface area contributed by atoms with Crippen molar-refractivity contribution in [2.24, 2.45) is 0 Å². The van der Waals surface area contributed by atoms with Crippen molar-refractivity contribution in [2.75, 3.05) is 5.32 Å². The average Bonchev–Trinajstić information content (AvgIpc) is 3.48. The number of ether oxygens (including phenoxy) is 1. The van der Waals surface area contributed by atoms with E-state index in [0.717, 1.165) is 15.7 Å². The molecule has 0 aliphatic heterocycles. The molecule has 31 heavy (non-hydrogen) atoms. The van der Waals surface area contributed by atoms with Crippen molar-refractivity contribution in [1.82, 2.24) is 10.2 Å². The molecule has 0 aliphatic carbocycles. The molecule has 0 unspecified atom stereocenters. The van der Waals surface area contributed by atoms with Gasteiger partial charge in [-0.05, 0) is 35.7 Å². The monoisotopic (exact) mass is 464 g/mol. The highest BCUT2D eigenvalue weighted by Gasteiger charge is 2.12. The van der Waals surface area contributed by atoms with Gasteiger partial charge in [-0.2, -0.15) is 5.26 Å². The number of aromatic nitrogens is 2. The molecule has 0 bridgehead atoms. The zero-order valence-electron chi connectivity index (χ0n) is 16.1. The van der Waals surface area contributed by atoms with E-state index >= 15 is 0 Å². The van der Waals surface area contributed by atoms with Crippen molar-refractivity contribution in [3.8, 4) is 11.8 Å². The van der Waals surface area contributed by atoms with Gasteiger partial charge in [0, 0.05) is 21.8 Å². The Hall–Kier alpha value is -3.19. The maximum atomic E-state index is 12.6. The van der Waals surface area contributed by atoms with Crippen LogP contribution in [-0.2, 0) is 12.4 Å². The zero-order valence-corrected chi connectivity index (χ0v) is 18.6. The van der Waals surface area contributed by atoms with Crippen molar-refractivity contribution >= 4 is 45.5 Å². The Morgan fingerprint density at radius 1 is 1.13 bits per heavy atom. The number of anilines is 1. The Morgan fingerprint density at radius 2 is 2.03 bits per heavy atom. The summed E-state index contributed by atoms with van der Waals surface area (Å²) in [5.74, 6) is 1.09. The van der Waals surface area contributed by atoms with Gasteiger partial charge in [0.15, 0.2) is 4.34 Å². The van der Waals surface area contributed by atoms with Gasteiger partial charge in [0.25, 0.3) is 5.91 Å². The topological polar surface area (TPSA) is 87.9 Å². The molecule has 4 aromatic rings. The number of carbonyl (C=O) groups excluding carboxylic acids is 1. The van der Waals surface area contributed by atoms with Gasteiger partial charge >= 0.3 is 0 Å². The summed E-state index contributed by atoms with van der Waals surface area (Å²) in [4.78, 5) is 13.9. The fourth-order valence-corrected chi connectivity index (χ4v) is 5.18. The molecule has 0 atom stereocenters. The zero-order chi connectivity index (χ0) is 21.5. The van der Waals surface area contributed by atoms with Crippen LogP contribution in [0, 0.1) is 11.3 Å². The summed E-state index contributed by atoms with van der Waals surface area (Å²) in [6, 6.07) is 20.4. The summed E-state index contributed by atoms with van der Waals surface area (Å²) in [6.45, 7) is 0.246. The third-order valence-electron chi connectivity index (χ3n) is 4.17. The van der Waals surface area contributed by atoms with Gasteiger partial charge in [-0.1, -0.05) is 53.4 Å². The Morgan fingerprint density at radius 3 is 2.87 bits per heavy atom. The maximum absolute atomic E-state index is 12.6. The summed E-state index contributed by atoms with van der Waals surface area (Å²) >= 11 is 4.64. The van der Waals surface area contributed by atoms with E-state index in [1.54, 1.807) is 53.4 Å². The molecule has 1 N–H and O–H groups in total. The van der Waals surface area contributed by atoms with Gasteiger partial charge < -0.3 is 4.74 Å². The molecule has 4 rings (SSSR count). The summed E-state index contributed by atoms with van der Waals surface area (Å²) in [7, 11) is 0. The van der Waals surface area contributed by atoms with Gasteiger partial charge in [-0.3, -0.25) is 10.1 Å². The number of hydrogen-bond acceptors (Lipinski definition) is 8. The molecule has 0 fully saturated rings. The van der Waals surface area contributed by atoms with Crippen LogP contribution in [0.15, 0.2) is 70.4 Å². The first-order chi connectivity index (χ1) is 15.2. The van der Waals surface area contributed by atoms with Crippen molar-refractivity contribution < 1.29 is 9.53 Å². The first kappa shape index (κ1) is 21.1. The van der Waals surface area contributed by atoms with E-state index in [0.29, 0.717) is 22.0 Å². The lowest BCUT2D eigenvalue weighted by Gasteiger charge is -2.09. The van der Waals surface area contributed by atoms with E-state index in [2.05, 4.69) is 27.6 Å². The second-order valence-corrected chi connectivity index (χ2v) is 9.51. The van der Waals surface area contributed by atoms with Gasteiger partial charge in [0.05, 0.1) is 11.6 Å². The molecule has 0 radical (unpaired) electrons. The maximum Gasteiger partial charge on any atom is 0.257 e. The predicted octanol–water partition coefficient (Wildman–Crippen LogP) is 5.59. The molecule has 6 nitrogen and oxygen atoms in total. The number of hydrogen-bond donors (Lipinski definition) is 1. The van der Waals surface area contributed by atoms with E-state index in [1.807, 2.05) is 29.6 Å². The molecule has 154 valence electrons. The van der Waals surface area contributed by atoms with Crippen LogP contribution in [0.4, 0.5) is 5.13 Å². The van der Waals surface area contributed by atoms with Crippen molar-refractivity contribution in [3.63, 3.8) is 0 Å². The average molecular weight is 465 g/mol. The highest BCUT2D eigenvalue weighted by Crippen LogP contribution is 2.29. The number of amides is 1. The van der Waals surface area contributed by atoms with Crippen LogP contribution >= 0.6 is 34.4 Å². The van der Waals surface area contributed by atoms with Gasteiger partial charge in [0.1, 0.15) is 12.4 Å². The number of nitrogens with zero attached hydrogens (tertiary/aromatic N) is 3. The molecule has 0 saturated carbocycles. The number of benzene rings is 2. The van der Waals surface area contributed by atoms with Crippen LogP contribution in [0.1, 0.15) is 26.4 Å². The number of rotatable bonds is 8. The molecule has 0 spiro atoms. The molecule has 2 aromatic heterocycles. The Balaban J connectivity index is 1.35. The normalized spacial score (nSPS) is 10.4. The van der Waals surface area contributed by atoms with Gasteiger partial charge in [0.2, 0.25) is 5.13 Å². The fourth-order valence-electron chi connectivity index (χ4n) is 2.66. The lowest BCUT2D eigenvalue weighted by atomic mass is 10.1. The first-order valence-corrected chi connectivity index (χ1v) is 11.9. The number of carbonyl (C=O) groups is 1. The molecule has 0 saturated heterocycles. The smallest absolute Gasteiger partial charge is 0.257 e. The van der Waals surface area contributed by atoms with E-state index in [1.165, 1.54) is 16.2 Å². The lowest BCUT2D eigenvalue weighted by molar-refractivity contribution is 0.102. The highest BCUT2D eigenvalue weighted by molar-refractivity contribution is 8.00. The molecule has 2 heterocycles. The second kappa shape index (κ2) is 10.2. The summed E-state index contributed by atoms with van der Waals surface area (Å²) < 4.78 is 6.59. The highest BCUT2D eigenvalue weighted by atomic mass is 32.2. The van der Waals surface area contributed by atoms with Crippen LogP contribution in [-0.4, -0.2) is 16.1 Å². The van der Waals surface area contributed by atoms with Crippen LogP contribution in [0.2, 0.25) is 0 Å². The number of nitriles is 1. The molecule has 1 amide bonds. The largest absolute Gasteiger partial charge is 0.489 e. The van der Waals surface area contributed by atoms with Crippen LogP contribution in [0.3, 0.4) is 0 Å². The van der Waals surface area contributed by atoms with Crippen molar-refractivity contribution in [2.45, 2.75) is 16.7 Å². The van der Waals surface area contributed by atoms with Crippen LogP contribution < -0.4 is 10.1 Å². The van der Waals surface area contributed by atoms with Crippen molar-refractivity contribution in [1.29, 1.82) is 5.26 Å². The van der Waals surface area contributed by atoms with E-state index in [-0.39, 0.29) is 12.5 Å².